The van der Waals surface area contributed by atoms with Gasteiger partial charge in [0.15, 0.2) is 0 Å². The first-order valence-corrected chi connectivity index (χ1v) is 3.37. The van der Waals surface area contributed by atoms with Gasteiger partial charge in [-0.2, -0.15) is 0 Å². The highest BCUT2D eigenvalue weighted by Crippen LogP contribution is 2.17. The van der Waals surface area contributed by atoms with Crippen LogP contribution >= 0.6 is 0 Å². The van der Waals surface area contributed by atoms with Crippen molar-refractivity contribution >= 4 is 0 Å². The Hall–Kier alpha value is -0.120. The molecule has 0 spiro atoms. The molecule has 0 aromatic heterocycles. The second kappa shape index (κ2) is 2.64. The molecule has 3 atom stereocenters. The van der Waals surface area contributed by atoms with Crippen molar-refractivity contribution in [3.05, 3.63) is 0 Å². The van der Waals surface area contributed by atoms with Crippen LogP contribution in [0.15, 0.2) is 0 Å². The fourth-order valence-corrected chi connectivity index (χ4v) is 1.08. The van der Waals surface area contributed by atoms with E-state index in [2.05, 4.69) is 0 Å². The van der Waals surface area contributed by atoms with E-state index in [0.717, 1.165) is 12.8 Å². The molecule has 1 rings (SSSR count). The van der Waals surface area contributed by atoms with Crippen molar-refractivity contribution in [1.29, 1.82) is 0 Å². The molecule has 1 saturated heterocycles. The van der Waals surface area contributed by atoms with Crippen molar-refractivity contribution in [3.63, 3.8) is 0 Å². The zero-order valence-electron chi connectivity index (χ0n) is 5.71. The summed E-state index contributed by atoms with van der Waals surface area (Å²) in [5.41, 5.74) is 11.1. The molecule has 1 heterocycles. The van der Waals surface area contributed by atoms with Gasteiger partial charge in [0.1, 0.15) is 6.23 Å². The van der Waals surface area contributed by atoms with Crippen molar-refractivity contribution in [2.45, 2.75) is 38.1 Å². The molecular weight excluding hydrogens is 116 g/mol. The Morgan fingerprint density at radius 2 is 2.22 bits per heavy atom. The number of rotatable bonds is 1. The summed E-state index contributed by atoms with van der Waals surface area (Å²) < 4.78 is 5.28. The molecule has 3 heteroatoms. The summed E-state index contributed by atoms with van der Waals surface area (Å²) in [4.78, 5) is 0. The fraction of sp³-hybridized carbons (Fsp3) is 1.00. The second-order valence-electron chi connectivity index (χ2n) is 2.65. The minimum atomic E-state index is -0.0685. The maximum Gasteiger partial charge on any atom is 0.106 e. The summed E-state index contributed by atoms with van der Waals surface area (Å²) >= 11 is 0. The topological polar surface area (TPSA) is 61.3 Å². The van der Waals surface area contributed by atoms with Gasteiger partial charge in [-0.25, -0.2) is 0 Å². The summed E-state index contributed by atoms with van der Waals surface area (Å²) in [5.74, 6) is 0. The molecule has 0 aliphatic carbocycles. The van der Waals surface area contributed by atoms with Gasteiger partial charge in [0, 0.05) is 6.04 Å². The van der Waals surface area contributed by atoms with E-state index in [1.807, 2.05) is 6.92 Å². The Morgan fingerprint density at radius 1 is 1.56 bits per heavy atom. The Bertz CT molecular complexity index is 95.1. The van der Waals surface area contributed by atoms with E-state index in [9.17, 15) is 0 Å². The van der Waals surface area contributed by atoms with Crippen LogP contribution in [0.1, 0.15) is 19.8 Å². The van der Waals surface area contributed by atoms with Gasteiger partial charge in [-0.3, -0.25) is 0 Å². The fourth-order valence-electron chi connectivity index (χ4n) is 1.08. The SMILES string of the molecule is CC(N)C1CCC(N)O1. The number of hydrogen-bond donors (Lipinski definition) is 2. The van der Waals surface area contributed by atoms with Gasteiger partial charge >= 0.3 is 0 Å². The predicted octanol–water partition coefficient (Wildman–Crippen LogP) is -0.203. The van der Waals surface area contributed by atoms with Crippen molar-refractivity contribution in [2.75, 3.05) is 0 Å². The molecular formula is C6H14N2O. The van der Waals surface area contributed by atoms with Crippen LogP contribution in [0.2, 0.25) is 0 Å². The third-order valence-corrected chi connectivity index (χ3v) is 1.67. The lowest BCUT2D eigenvalue weighted by Crippen LogP contribution is -2.33. The number of hydrogen-bond acceptors (Lipinski definition) is 3. The van der Waals surface area contributed by atoms with Gasteiger partial charge in [0.25, 0.3) is 0 Å². The highest BCUT2D eigenvalue weighted by molar-refractivity contribution is 4.76. The van der Waals surface area contributed by atoms with Gasteiger partial charge in [0.05, 0.1) is 6.10 Å². The van der Waals surface area contributed by atoms with Gasteiger partial charge in [-0.1, -0.05) is 0 Å². The first kappa shape index (κ1) is 6.99. The van der Waals surface area contributed by atoms with Crippen LogP contribution < -0.4 is 11.5 Å². The molecule has 0 radical (unpaired) electrons. The van der Waals surface area contributed by atoms with Crippen molar-refractivity contribution < 1.29 is 4.74 Å². The molecule has 3 unspecified atom stereocenters. The molecule has 1 aliphatic rings. The standard InChI is InChI=1S/C6H14N2O/c1-4(7)5-2-3-6(8)9-5/h4-6H,2-3,7-8H2,1H3. The van der Waals surface area contributed by atoms with E-state index in [4.69, 9.17) is 16.2 Å². The average molecular weight is 130 g/mol. The van der Waals surface area contributed by atoms with E-state index in [1.54, 1.807) is 0 Å². The summed E-state index contributed by atoms with van der Waals surface area (Å²) in [7, 11) is 0. The van der Waals surface area contributed by atoms with Crippen LogP contribution in [0.3, 0.4) is 0 Å². The molecule has 0 amide bonds. The van der Waals surface area contributed by atoms with Crippen LogP contribution in [0.4, 0.5) is 0 Å². The largest absolute Gasteiger partial charge is 0.359 e. The van der Waals surface area contributed by atoms with Crippen LogP contribution in [0.25, 0.3) is 0 Å². The van der Waals surface area contributed by atoms with E-state index in [-0.39, 0.29) is 18.4 Å². The third kappa shape index (κ3) is 1.64. The van der Waals surface area contributed by atoms with Crippen LogP contribution in [0.5, 0.6) is 0 Å². The first-order valence-electron chi connectivity index (χ1n) is 3.37. The molecule has 1 fully saturated rings. The zero-order valence-corrected chi connectivity index (χ0v) is 5.71. The normalized spacial score (nSPS) is 39.0. The van der Waals surface area contributed by atoms with Gasteiger partial charge in [-0.15, -0.1) is 0 Å². The Balaban J connectivity index is 2.30. The molecule has 4 N–H and O–H groups in total. The summed E-state index contributed by atoms with van der Waals surface area (Å²) in [6, 6.07) is 0.124. The highest BCUT2D eigenvalue weighted by atomic mass is 16.5. The van der Waals surface area contributed by atoms with E-state index in [0.29, 0.717) is 0 Å². The zero-order chi connectivity index (χ0) is 6.85. The van der Waals surface area contributed by atoms with Crippen molar-refractivity contribution in [2.24, 2.45) is 11.5 Å². The van der Waals surface area contributed by atoms with Gasteiger partial charge < -0.3 is 16.2 Å². The maximum absolute atomic E-state index is 5.58. The summed E-state index contributed by atoms with van der Waals surface area (Å²) in [6.07, 6.45) is 2.09. The van der Waals surface area contributed by atoms with Crippen LogP contribution in [-0.2, 0) is 4.74 Å². The van der Waals surface area contributed by atoms with Crippen molar-refractivity contribution in [1.82, 2.24) is 0 Å². The highest BCUT2D eigenvalue weighted by Gasteiger charge is 2.24. The molecule has 0 aromatic carbocycles. The lowest BCUT2D eigenvalue weighted by atomic mass is 10.1. The molecule has 1 aliphatic heterocycles. The van der Waals surface area contributed by atoms with E-state index < -0.39 is 0 Å². The van der Waals surface area contributed by atoms with Gasteiger partial charge in [-0.05, 0) is 19.8 Å². The van der Waals surface area contributed by atoms with Gasteiger partial charge in [0.2, 0.25) is 0 Å². The minimum absolute atomic E-state index is 0.0685. The Kier molecular flexibility index (Phi) is 2.05. The van der Waals surface area contributed by atoms with Crippen molar-refractivity contribution in [3.8, 4) is 0 Å². The van der Waals surface area contributed by atoms with E-state index >= 15 is 0 Å². The Morgan fingerprint density at radius 3 is 2.44 bits per heavy atom. The van der Waals surface area contributed by atoms with Crippen LogP contribution in [-0.4, -0.2) is 18.4 Å². The third-order valence-electron chi connectivity index (χ3n) is 1.67. The number of ether oxygens (including phenoxy) is 1. The average Bonchev–Trinajstić information content (AvgIpc) is 2.14. The smallest absolute Gasteiger partial charge is 0.106 e. The first-order chi connectivity index (χ1) is 4.20. The lowest BCUT2D eigenvalue weighted by molar-refractivity contribution is 0.0376. The molecule has 0 bridgehead atoms. The summed E-state index contributed by atoms with van der Waals surface area (Å²) in [5, 5.41) is 0. The quantitative estimate of drug-likeness (QED) is 0.516. The predicted molar refractivity (Wildman–Crippen MR) is 35.7 cm³/mol. The molecule has 3 nitrogen and oxygen atoms in total. The Labute approximate surface area is 55.4 Å². The number of nitrogens with two attached hydrogens (primary N) is 2. The maximum atomic E-state index is 5.58. The summed E-state index contributed by atoms with van der Waals surface area (Å²) in [6.45, 7) is 1.95. The van der Waals surface area contributed by atoms with E-state index in [1.165, 1.54) is 0 Å². The minimum Gasteiger partial charge on any atom is -0.359 e. The molecule has 0 saturated carbocycles. The van der Waals surface area contributed by atoms with Crippen LogP contribution in [0, 0.1) is 0 Å². The second-order valence-corrected chi connectivity index (χ2v) is 2.65. The molecule has 9 heavy (non-hydrogen) atoms. The lowest BCUT2D eigenvalue weighted by Gasteiger charge is -2.13. The monoisotopic (exact) mass is 130 g/mol. The molecule has 54 valence electrons. The molecule has 0 aromatic rings.